The summed E-state index contributed by atoms with van der Waals surface area (Å²) in [7, 11) is -0.576. The zero-order chi connectivity index (χ0) is 5.21. The maximum atomic E-state index is 2.41. The minimum absolute atomic E-state index is 0. The Kier molecular flexibility index (Phi) is 7.23. The van der Waals surface area contributed by atoms with E-state index in [0.29, 0.717) is 0 Å². The van der Waals surface area contributed by atoms with E-state index in [4.69, 9.17) is 0 Å². The van der Waals surface area contributed by atoms with Crippen LogP contribution in [0.15, 0.2) is 0 Å². The van der Waals surface area contributed by atoms with E-state index in [2.05, 4.69) is 19.6 Å². The van der Waals surface area contributed by atoms with Gasteiger partial charge in [0.05, 0.1) is 0 Å². The van der Waals surface area contributed by atoms with Gasteiger partial charge < -0.3 is 0 Å². The molecular formula is C4H12ISiZn. The Morgan fingerprint density at radius 1 is 1.29 bits per heavy atom. The molecule has 0 fully saturated rings. The predicted octanol–water partition coefficient (Wildman–Crippen LogP) is 2.45. The molecule has 0 aliphatic rings. The topological polar surface area (TPSA) is 0 Å². The van der Waals surface area contributed by atoms with E-state index < -0.39 is 8.07 Å². The molecule has 0 bridgehead atoms. The van der Waals surface area contributed by atoms with E-state index in [1.54, 1.807) is 0 Å². The number of halogens is 1. The second kappa shape index (κ2) is 4.45. The van der Waals surface area contributed by atoms with E-state index >= 15 is 0 Å². The van der Waals surface area contributed by atoms with Crippen LogP contribution in [0.3, 0.4) is 0 Å². The molecule has 0 amide bonds. The maximum Gasteiger partial charge on any atom is -0.107 e. The van der Waals surface area contributed by atoms with Gasteiger partial charge in [-0.15, -0.1) is 24.0 Å². The van der Waals surface area contributed by atoms with Crippen LogP contribution in [0.1, 0.15) is 0 Å². The fraction of sp³-hybridized carbons (Fsp3) is 1.00. The fourth-order valence-corrected chi connectivity index (χ4v) is 0. The van der Waals surface area contributed by atoms with Gasteiger partial charge in [-0.2, -0.15) is 0 Å². The third kappa shape index (κ3) is 11.2. The minimum Gasteiger partial charge on any atom is -0.107 e. The molecule has 3 heteroatoms. The Bertz CT molecular complexity index is 41.4. The summed E-state index contributed by atoms with van der Waals surface area (Å²) >= 11 is 1.50. The summed E-state index contributed by atoms with van der Waals surface area (Å²) in [6.45, 7) is 7.24. The Hall–Kier alpha value is 1.57. The summed E-state index contributed by atoms with van der Waals surface area (Å²) in [5, 5.41) is 0. The van der Waals surface area contributed by atoms with E-state index in [1.807, 2.05) is 0 Å². The molecule has 0 radical (unpaired) electrons. The van der Waals surface area contributed by atoms with Crippen molar-refractivity contribution in [3.05, 3.63) is 0 Å². The first-order valence-corrected chi connectivity index (χ1v) is 8.16. The molecule has 0 saturated heterocycles. The van der Waals surface area contributed by atoms with Gasteiger partial charge in [-0.3, -0.25) is 0 Å². The van der Waals surface area contributed by atoms with Crippen molar-refractivity contribution in [2.24, 2.45) is 0 Å². The van der Waals surface area contributed by atoms with E-state index in [1.165, 1.54) is 22.9 Å². The zero-order valence-electron chi connectivity index (χ0n) is 5.32. The van der Waals surface area contributed by atoms with Crippen LogP contribution in [0, 0.1) is 0 Å². The minimum atomic E-state index is -0.576. The van der Waals surface area contributed by atoms with Crippen LogP contribution in [-0.4, -0.2) is 8.07 Å². The molecule has 0 atom stereocenters. The molecule has 0 nitrogen and oxygen atoms in total. The van der Waals surface area contributed by atoms with Crippen molar-refractivity contribution in [1.82, 2.24) is 0 Å². The normalized spacial score (nSPS) is 10.4. The van der Waals surface area contributed by atoms with Gasteiger partial charge in [0.25, 0.3) is 0 Å². The quantitative estimate of drug-likeness (QED) is 0.511. The van der Waals surface area contributed by atoms with Crippen molar-refractivity contribution in [2.45, 2.75) is 24.3 Å². The summed E-state index contributed by atoms with van der Waals surface area (Å²) in [6.07, 6.45) is 0. The first-order chi connectivity index (χ1) is 2.56. The summed E-state index contributed by atoms with van der Waals surface area (Å²) in [5.41, 5.74) is 0. The van der Waals surface area contributed by atoms with Gasteiger partial charge >= 0.3 is 50.7 Å². The number of hydrogen-bond donors (Lipinski definition) is 0. The average molecular weight is 281 g/mol. The van der Waals surface area contributed by atoms with Gasteiger partial charge in [0, 0.05) is 0 Å². The molecule has 0 aromatic heterocycles. The maximum absolute atomic E-state index is 2.41. The molecule has 0 heterocycles. The van der Waals surface area contributed by atoms with Crippen LogP contribution in [0.25, 0.3) is 0 Å². The Labute approximate surface area is 74.2 Å². The molecule has 0 aliphatic carbocycles. The van der Waals surface area contributed by atoms with Gasteiger partial charge in [0.2, 0.25) is 0 Å². The van der Waals surface area contributed by atoms with E-state index in [0.717, 1.165) is 0 Å². The smallest absolute Gasteiger partial charge is 0.107 e. The summed E-state index contributed by atoms with van der Waals surface area (Å²) in [4.78, 5) is 0. The molecule has 0 rings (SSSR count). The number of rotatable bonds is 1. The molecule has 7 heavy (non-hydrogen) atoms. The predicted molar refractivity (Wildman–Crippen MR) is 43.6 cm³/mol. The molecule has 0 aromatic rings. The fourth-order valence-electron chi connectivity index (χ4n) is 0. The molecule has 41 valence electrons. The SMILES string of the molecule is C[Si](C)(C)[CH2][Zn].I. The van der Waals surface area contributed by atoms with Gasteiger partial charge in [-0.05, 0) is 0 Å². The van der Waals surface area contributed by atoms with Crippen molar-refractivity contribution < 1.29 is 18.3 Å². The standard InChI is InChI=1S/C4H11Si.HI.Zn/c1-5(2,3)4;;/h1H2,2-4H3;1H;. The Morgan fingerprint density at radius 3 is 1.43 bits per heavy atom. The van der Waals surface area contributed by atoms with Crippen molar-refractivity contribution in [3.8, 4) is 0 Å². The van der Waals surface area contributed by atoms with Gasteiger partial charge in [-0.1, -0.05) is 0 Å². The monoisotopic (exact) mass is 279 g/mol. The summed E-state index contributed by atoms with van der Waals surface area (Å²) in [5.74, 6) is 0. The van der Waals surface area contributed by atoms with Crippen LogP contribution >= 0.6 is 24.0 Å². The second-order valence-electron chi connectivity index (χ2n) is 2.81. The summed E-state index contributed by atoms with van der Waals surface area (Å²) in [6, 6.07) is 0. The molecular weight excluding hydrogens is 268 g/mol. The average Bonchev–Trinajstić information content (AvgIpc) is 1.35. The van der Waals surface area contributed by atoms with Crippen molar-refractivity contribution in [1.29, 1.82) is 0 Å². The Balaban J connectivity index is 0. The van der Waals surface area contributed by atoms with Crippen LogP contribution in [0.5, 0.6) is 0 Å². The first kappa shape index (κ1) is 11.4. The van der Waals surface area contributed by atoms with E-state index in [-0.39, 0.29) is 24.0 Å². The molecule has 0 spiro atoms. The second-order valence-corrected chi connectivity index (χ2v) is 11.6. The van der Waals surface area contributed by atoms with Crippen LogP contribution in [-0.2, 0) is 18.3 Å². The molecule has 0 unspecified atom stereocenters. The summed E-state index contributed by atoms with van der Waals surface area (Å²) < 4.78 is 1.53. The number of hydrogen-bond acceptors (Lipinski definition) is 0. The van der Waals surface area contributed by atoms with Crippen molar-refractivity contribution in [3.63, 3.8) is 0 Å². The van der Waals surface area contributed by atoms with Gasteiger partial charge in [0.15, 0.2) is 0 Å². The zero-order valence-corrected chi connectivity index (χ0v) is 11.6. The van der Waals surface area contributed by atoms with Crippen LogP contribution in [0.4, 0.5) is 0 Å². The van der Waals surface area contributed by atoms with Crippen molar-refractivity contribution in [2.75, 3.05) is 0 Å². The van der Waals surface area contributed by atoms with Crippen molar-refractivity contribution >= 4 is 32.1 Å². The molecule has 0 aromatic carbocycles. The molecule has 0 aliphatic heterocycles. The largest absolute Gasteiger partial charge is 0.107 e. The van der Waals surface area contributed by atoms with Gasteiger partial charge in [0.1, 0.15) is 0 Å². The third-order valence-electron chi connectivity index (χ3n) is 0.750. The Morgan fingerprint density at radius 2 is 1.43 bits per heavy atom. The molecule has 0 N–H and O–H groups in total. The van der Waals surface area contributed by atoms with E-state index in [9.17, 15) is 0 Å². The van der Waals surface area contributed by atoms with Crippen LogP contribution < -0.4 is 0 Å². The van der Waals surface area contributed by atoms with Crippen LogP contribution in [0.2, 0.25) is 24.3 Å². The molecule has 0 saturated carbocycles. The third-order valence-corrected chi connectivity index (χ3v) is 11.7. The first-order valence-electron chi connectivity index (χ1n) is 2.35. The van der Waals surface area contributed by atoms with Gasteiger partial charge in [-0.25, -0.2) is 0 Å².